The first-order valence-corrected chi connectivity index (χ1v) is 11.3. The highest BCUT2D eigenvalue weighted by molar-refractivity contribution is 6.44. The Balaban J connectivity index is 2.02. The van der Waals surface area contributed by atoms with Gasteiger partial charge in [-0.1, -0.05) is 25.4 Å². The maximum absolute atomic E-state index is 13.6. The monoisotopic (exact) mass is 465 g/mol. The molecular formula is C25H26ClN4O3+. The zero-order chi connectivity index (χ0) is 23.9. The van der Waals surface area contributed by atoms with Gasteiger partial charge in [-0.15, -0.1) is 0 Å². The van der Waals surface area contributed by atoms with E-state index in [-0.39, 0.29) is 28.9 Å². The highest BCUT2D eigenvalue weighted by Gasteiger charge is 2.47. The Morgan fingerprint density at radius 2 is 1.61 bits per heavy atom. The molecule has 0 unspecified atom stereocenters. The second-order valence-electron chi connectivity index (χ2n) is 8.22. The van der Waals surface area contributed by atoms with Gasteiger partial charge in [-0.25, -0.2) is 4.68 Å². The lowest BCUT2D eigenvalue weighted by atomic mass is 10.0. The topological polar surface area (TPSA) is 79.1 Å². The molecule has 33 heavy (non-hydrogen) atoms. The van der Waals surface area contributed by atoms with E-state index in [0.717, 1.165) is 11.1 Å². The van der Waals surface area contributed by atoms with Crippen LogP contribution >= 0.6 is 11.6 Å². The van der Waals surface area contributed by atoms with Crippen molar-refractivity contribution in [1.82, 2.24) is 14.7 Å². The third kappa shape index (κ3) is 3.93. The fourth-order valence-electron chi connectivity index (χ4n) is 4.26. The zero-order valence-electron chi connectivity index (χ0n) is 19.1. The number of H-pyrrole nitrogens is 1. The molecule has 0 radical (unpaired) electrons. The molecule has 1 aliphatic rings. The fraction of sp³-hybridized carbons (Fsp3) is 0.280. The molecule has 1 N–H and O–H groups in total. The Hall–Kier alpha value is -3.45. The van der Waals surface area contributed by atoms with Gasteiger partial charge in [-0.05, 0) is 57.0 Å². The van der Waals surface area contributed by atoms with Crippen molar-refractivity contribution < 1.29 is 14.2 Å². The summed E-state index contributed by atoms with van der Waals surface area (Å²) in [4.78, 5) is 41.8. The van der Waals surface area contributed by atoms with E-state index in [1.807, 2.05) is 33.8 Å². The van der Waals surface area contributed by atoms with Crippen molar-refractivity contribution in [2.75, 3.05) is 6.54 Å². The second-order valence-corrected chi connectivity index (χ2v) is 8.66. The van der Waals surface area contributed by atoms with Crippen LogP contribution in [-0.2, 0) is 16.0 Å². The van der Waals surface area contributed by atoms with Crippen molar-refractivity contribution in [3.63, 3.8) is 0 Å². The summed E-state index contributed by atoms with van der Waals surface area (Å²) in [5.74, 6) is -0.842. The Labute approximate surface area is 196 Å². The molecule has 0 saturated carbocycles. The summed E-state index contributed by atoms with van der Waals surface area (Å²) in [5.41, 5.74) is 3.25. The van der Waals surface area contributed by atoms with E-state index in [2.05, 4.69) is 5.10 Å². The standard InChI is InChI=1S/C25H25ClN4O3/c1-5-11-29-23(31)21(22(25(29)33)28-13-15(3)12-16(4)14-28)20-19(6-2)27-30(24(20)32)18-9-7-17(26)8-10-18/h7-10,12-14H,5-6,11H2,1-4H3/p+1. The Bertz CT molecular complexity index is 1330. The molecule has 8 heteroatoms. The number of amides is 2. The molecular weight excluding hydrogens is 440 g/mol. The molecule has 7 nitrogen and oxygen atoms in total. The number of benzene rings is 1. The quantitative estimate of drug-likeness (QED) is 0.447. The number of pyridine rings is 1. The van der Waals surface area contributed by atoms with Gasteiger partial charge in [0.15, 0.2) is 12.4 Å². The van der Waals surface area contributed by atoms with Crippen LogP contribution in [0.5, 0.6) is 0 Å². The van der Waals surface area contributed by atoms with Crippen LogP contribution < -0.4 is 10.1 Å². The first-order valence-electron chi connectivity index (χ1n) is 11.0. The number of carbonyl (C=O) groups is 2. The summed E-state index contributed by atoms with van der Waals surface area (Å²) in [6, 6.07) is 8.82. The Kier molecular flexibility index (Phi) is 6.08. The maximum atomic E-state index is 13.6. The third-order valence-electron chi connectivity index (χ3n) is 5.64. The van der Waals surface area contributed by atoms with Gasteiger partial charge in [0, 0.05) is 28.4 Å². The number of imide groups is 1. The number of nitrogens with zero attached hydrogens (tertiary/aromatic N) is 3. The van der Waals surface area contributed by atoms with Crippen molar-refractivity contribution in [1.29, 1.82) is 0 Å². The van der Waals surface area contributed by atoms with Crippen LogP contribution in [0.2, 0.25) is 5.02 Å². The van der Waals surface area contributed by atoms with Crippen molar-refractivity contribution in [3.8, 4) is 5.69 Å². The molecule has 0 saturated heterocycles. The molecule has 4 rings (SSSR count). The minimum absolute atomic E-state index is 0.134. The van der Waals surface area contributed by atoms with Crippen molar-refractivity contribution >= 4 is 34.7 Å². The molecule has 1 aromatic carbocycles. The summed E-state index contributed by atoms with van der Waals surface area (Å²) in [7, 11) is 0. The van der Waals surface area contributed by atoms with Gasteiger partial charge in [-0.3, -0.25) is 24.4 Å². The lowest BCUT2D eigenvalue weighted by molar-refractivity contribution is -0.577. The van der Waals surface area contributed by atoms with Gasteiger partial charge in [-0.2, -0.15) is 4.57 Å². The molecule has 170 valence electrons. The average molecular weight is 466 g/mol. The fourth-order valence-corrected chi connectivity index (χ4v) is 4.39. The SMILES string of the molecule is CCCN1C(=O)C(c2c(CC)[nH]n(-c3ccc(Cl)cc3)c2=O)=C([n+]2cc(C)cc(C)c2)C1=O. The van der Waals surface area contributed by atoms with Gasteiger partial charge < -0.3 is 0 Å². The molecule has 0 fully saturated rings. The molecule has 2 amide bonds. The van der Waals surface area contributed by atoms with E-state index in [9.17, 15) is 14.4 Å². The summed E-state index contributed by atoms with van der Waals surface area (Å²) in [5, 5.41) is 3.68. The van der Waals surface area contributed by atoms with Crippen molar-refractivity contribution in [2.45, 2.75) is 40.5 Å². The van der Waals surface area contributed by atoms with Crippen LogP contribution in [0.25, 0.3) is 17.0 Å². The minimum atomic E-state index is -0.447. The molecule has 2 aromatic heterocycles. The first-order chi connectivity index (χ1) is 15.8. The third-order valence-corrected chi connectivity index (χ3v) is 5.90. The van der Waals surface area contributed by atoms with Crippen LogP contribution in [-0.4, -0.2) is 33.0 Å². The lowest BCUT2D eigenvalue weighted by Gasteiger charge is -2.11. The molecule has 3 heterocycles. The Morgan fingerprint density at radius 1 is 0.970 bits per heavy atom. The van der Waals surface area contributed by atoms with E-state index in [4.69, 9.17) is 11.6 Å². The predicted molar refractivity (Wildman–Crippen MR) is 127 cm³/mol. The van der Waals surface area contributed by atoms with Gasteiger partial charge in [0.2, 0.25) is 0 Å². The smallest absolute Gasteiger partial charge is 0.294 e. The first kappa shape index (κ1) is 22.7. The van der Waals surface area contributed by atoms with E-state index in [0.29, 0.717) is 29.2 Å². The van der Waals surface area contributed by atoms with Gasteiger partial charge in [0.25, 0.3) is 17.2 Å². The number of carbonyl (C=O) groups excluding carboxylic acids is 2. The number of nitrogens with one attached hydrogen (secondary N) is 1. The van der Waals surface area contributed by atoms with E-state index >= 15 is 0 Å². The van der Waals surface area contributed by atoms with Crippen LogP contribution in [0, 0.1) is 13.8 Å². The van der Waals surface area contributed by atoms with E-state index < -0.39 is 11.8 Å². The highest BCUT2D eigenvalue weighted by Crippen LogP contribution is 2.30. The van der Waals surface area contributed by atoms with E-state index in [1.165, 1.54) is 9.58 Å². The van der Waals surface area contributed by atoms with Gasteiger partial charge in [0.1, 0.15) is 5.57 Å². The predicted octanol–water partition coefficient (Wildman–Crippen LogP) is 3.43. The number of hydrogen-bond acceptors (Lipinski definition) is 3. The minimum Gasteiger partial charge on any atom is -0.294 e. The summed E-state index contributed by atoms with van der Waals surface area (Å²) in [6.07, 6.45) is 4.71. The van der Waals surface area contributed by atoms with Crippen LogP contribution in [0.4, 0.5) is 0 Å². The van der Waals surface area contributed by atoms with Crippen LogP contribution in [0.1, 0.15) is 42.7 Å². The summed E-state index contributed by atoms with van der Waals surface area (Å²) >= 11 is 6.00. The lowest BCUT2D eigenvalue weighted by Crippen LogP contribution is -2.40. The molecule has 0 bridgehead atoms. The normalized spacial score (nSPS) is 14.0. The largest absolute Gasteiger partial charge is 0.326 e. The summed E-state index contributed by atoms with van der Waals surface area (Å²) < 4.78 is 3.07. The molecule has 0 spiro atoms. The van der Waals surface area contributed by atoms with Crippen molar-refractivity contribution in [2.24, 2.45) is 0 Å². The number of aryl methyl sites for hydroxylation is 3. The molecule has 1 aliphatic heterocycles. The number of rotatable bonds is 6. The van der Waals surface area contributed by atoms with Crippen molar-refractivity contribution in [3.05, 3.63) is 80.5 Å². The number of hydrogen-bond donors (Lipinski definition) is 1. The van der Waals surface area contributed by atoms with Crippen LogP contribution in [0.15, 0.2) is 47.5 Å². The highest BCUT2D eigenvalue weighted by atomic mass is 35.5. The number of halogens is 1. The molecule has 0 atom stereocenters. The zero-order valence-corrected chi connectivity index (χ0v) is 19.9. The maximum Gasteiger partial charge on any atom is 0.326 e. The Morgan fingerprint density at radius 3 is 2.18 bits per heavy atom. The number of aromatic nitrogens is 3. The average Bonchev–Trinajstić information content (AvgIpc) is 3.22. The van der Waals surface area contributed by atoms with Gasteiger partial charge in [0.05, 0.1) is 11.3 Å². The van der Waals surface area contributed by atoms with Gasteiger partial charge >= 0.3 is 5.91 Å². The second kappa shape index (κ2) is 8.83. The molecule has 3 aromatic rings. The summed E-state index contributed by atoms with van der Waals surface area (Å²) in [6.45, 7) is 7.94. The molecule has 0 aliphatic carbocycles. The van der Waals surface area contributed by atoms with E-state index in [1.54, 1.807) is 41.2 Å². The van der Waals surface area contributed by atoms with Crippen LogP contribution in [0.3, 0.4) is 0 Å². The number of aromatic amines is 1.